The first-order valence-electron chi connectivity index (χ1n) is 12.2. The van der Waals surface area contributed by atoms with Gasteiger partial charge in [-0.2, -0.15) is 5.10 Å². The summed E-state index contributed by atoms with van der Waals surface area (Å²) >= 11 is 0. The number of rotatable bonds is 5. The second-order valence-electron chi connectivity index (χ2n) is 9.23. The van der Waals surface area contributed by atoms with Gasteiger partial charge in [0, 0.05) is 18.0 Å². The van der Waals surface area contributed by atoms with Crippen molar-refractivity contribution in [3.05, 3.63) is 100.0 Å². The topological polar surface area (TPSA) is 97.4 Å². The van der Waals surface area contributed by atoms with Gasteiger partial charge in [-0.1, -0.05) is 36.1 Å². The molecule has 5 rings (SSSR count). The van der Waals surface area contributed by atoms with Gasteiger partial charge in [0.25, 0.3) is 11.5 Å². The molecule has 0 aliphatic heterocycles. The summed E-state index contributed by atoms with van der Waals surface area (Å²) in [4.78, 5) is 38.6. The highest BCUT2D eigenvalue weighted by Gasteiger charge is 2.24. The normalized spacial score (nSPS) is 11.9. The van der Waals surface area contributed by atoms with E-state index in [0.717, 1.165) is 0 Å². The summed E-state index contributed by atoms with van der Waals surface area (Å²) in [6.07, 6.45) is 3.36. The fraction of sp³-hybridized carbons (Fsp3) is 0.207. The van der Waals surface area contributed by atoms with Crippen molar-refractivity contribution in [3.8, 4) is 17.5 Å². The van der Waals surface area contributed by atoms with Crippen molar-refractivity contribution in [1.29, 1.82) is 0 Å². The fourth-order valence-corrected chi connectivity index (χ4v) is 4.36. The molecule has 9 nitrogen and oxygen atoms in total. The molecule has 1 amide bonds. The van der Waals surface area contributed by atoms with Crippen molar-refractivity contribution in [2.75, 3.05) is 20.6 Å². The lowest BCUT2D eigenvalue weighted by atomic mass is 10.1. The lowest BCUT2D eigenvalue weighted by Crippen LogP contribution is -2.33. The van der Waals surface area contributed by atoms with Crippen LogP contribution in [0.15, 0.2) is 71.8 Å². The van der Waals surface area contributed by atoms with Gasteiger partial charge in [0.05, 0.1) is 34.9 Å². The van der Waals surface area contributed by atoms with Crippen LogP contribution in [0.4, 0.5) is 0 Å². The van der Waals surface area contributed by atoms with Gasteiger partial charge in [-0.25, -0.2) is 14.5 Å². The molecule has 3 heterocycles. The van der Waals surface area contributed by atoms with Crippen molar-refractivity contribution in [2.45, 2.75) is 19.9 Å². The van der Waals surface area contributed by atoms with Crippen LogP contribution < -0.4 is 10.9 Å². The van der Waals surface area contributed by atoms with Crippen LogP contribution in [0.5, 0.6) is 0 Å². The van der Waals surface area contributed by atoms with Gasteiger partial charge in [-0.15, -0.1) is 0 Å². The number of fused-ring (bicyclic) bond motifs is 2. The van der Waals surface area contributed by atoms with Crippen LogP contribution in [0, 0.1) is 18.8 Å². The average Bonchev–Trinajstić information content (AvgIpc) is 3.24. The smallest absolute Gasteiger partial charge is 0.267 e. The molecule has 9 heteroatoms. The van der Waals surface area contributed by atoms with Crippen LogP contribution in [-0.4, -0.2) is 55.6 Å². The highest BCUT2D eigenvalue weighted by Crippen LogP contribution is 2.21. The number of nitrogens with one attached hydrogen (secondary N) is 1. The Morgan fingerprint density at radius 3 is 2.66 bits per heavy atom. The fourth-order valence-electron chi connectivity index (χ4n) is 4.36. The summed E-state index contributed by atoms with van der Waals surface area (Å²) in [5.41, 5.74) is 2.93. The SMILES string of the molecule is Cc1nn2cccnc2c1C(=O)NC(C)c1nc2cccc(C#CCN(C)C)c2c(=O)n1-c1ccccc1. The predicted octanol–water partition coefficient (Wildman–Crippen LogP) is 3.14. The number of hydrogen-bond acceptors (Lipinski definition) is 6. The maximum Gasteiger partial charge on any atom is 0.267 e. The van der Waals surface area contributed by atoms with Gasteiger partial charge in [0.2, 0.25) is 0 Å². The summed E-state index contributed by atoms with van der Waals surface area (Å²) < 4.78 is 3.12. The minimum absolute atomic E-state index is 0.249. The molecule has 1 unspecified atom stereocenters. The summed E-state index contributed by atoms with van der Waals surface area (Å²) in [6, 6.07) is 15.9. The van der Waals surface area contributed by atoms with Gasteiger partial charge in [0.15, 0.2) is 5.65 Å². The zero-order valence-electron chi connectivity index (χ0n) is 21.6. The molecule has 0 bridgehead atoms. The Morgan fingerprint density at radius 2 is 1.89 bits per heavy atom. The maximum atomic E-state index is 14.0. The summed E-state index contributed by atoms with van der Waals surface area (Å²) in [6.45, 7) is 4.14. The van der Waals surface area contributed by atoms with E-state index >= 15 is 0 Å². The minimum Gasteiger partial charge on any atom is -0.342 e. The van der Waals surface area contributed by atoms with E-state index in [1.165, 1.54) is 0 Å². The summed E-state index contributed by atoms with van der Waals surface area (Å²) in [5, 5.41) is 7.83. The number of hydrogen-bond donors (Lipinski definition) is 1. The highest BCUT2D eigenvalue weighted by molar-refractivity contribution is 6.01. The van der Waals surface area contributed by atoms with E-state index in [9.17, 15) is 9.59 Å². The number of carbonyl (C=O) groups excluding carboxylic acids is 1. The largest absolute Gasteiger partial charge is 0.342 e. The first-order chi connectivity index (χ1) is 18.3. The Hall–Kier alpha value is -4.81. The molecule has 0 aliphatic rings. The van der Waals surface area contributed by atoms with Crippen LogP contribution in [-0.2, 0) is 0 Å². The average molecular weight is 506 g/mol. The Kier molecular flexibility index (Phi) is 6.73. The molecule has 190 valence electrons. The molecule has 0 saturated carbocycles. The number of aromatic nitrogens is 5. The first kappa shape index (κ1) is 24.9. The molecule has 1 N–H and O–H groups in total. The lowest BCUT2D eigenvalue weighted by molar-refractivity contribution is 0.0938. The number of para-hydroxylation sites is 1. The third kappa shape index (κ3) is 4.65. The van der Waals surface area contributed by atoms with Crippen LogP contribution in [0.2, 0.25) is 0 Å². The zero-order chi connectivity index (χ0) is 26.8. The van der Waals surface area contributed by atoms with E-state index in [0.29, 0.717) is 51.4 Å². The summed E-state index contributed by atoms with van der Waals surface area (Å²) in [7, 11) is 3.88. The monoisotopic (exact) mass is 505 g/mol. The molecule has 38 heavy (non-hydrogen) atoms. The molecular formula is C29H27N7O2. The number of benzene rings is 2. The third-order valence-electron chi connectivity index (χ3n) is 6.09. The maximum absolute atomic E-state index is 14.0. The molecule has 0 fully saturated rings. The molecule has 1 atom stereocenters. The van der Waals surface area contributed by atoms with Crippen molar-refractivity contribution in [2.24, 2.45) is 0 Å². The van der Waals surface area contributed by atoms with Gasteiger partial charge < -0.3 is 5.32 Å². The number of amides is 1. The molecule has 0 spiro atoms. The van der Waals surface area contributed by atoms with Gasteiger partial charge in [0.1, 0.15) is 11.4 Å². The Bertz CT molecular complexity index is 1780. The van der Waals surface area contributed by atoms with Crippen molar-refractivity contribution in [1.82, 2.24) is 34.4 Å². The first-order valence-corrected chi connectivity index (χ1v) is 12.2. The van der Waals surface area contributed by atoms with Crippen LogP contribution in [0.3, 0.4) is 0 Å². The molecule has 0 aliphatic carbocycles. The van der Waals surface area contributed by atoms with Crippen molar-refractivity contribution in [3.63, 3.8) is 0 Å². The minimum atomic E-state index is -0.610. The van der Waals surface area contributed by atoms with E-state index < -0.39 is 6.04 Å². The Labute approximate surface area is 219 Å². The van der Waals surface area contributed by atoms with Crippen LogP contribution in [0.25, 0.3) is 22.2 Å². The number of carbonyl (C=O) groups is 1. The van der Waals surface area contributed by atoms with Crippen LogP contribution >= 0.6 is 0 Å². The molecule has 3 aromatic heterocycles. The standard InChI is InChI=1S/C29H27N7O2/c1-19-24(27-30-16-10-18-35(27)33-19)28(37)31-20(2)26-32-23-15-8-11-21(12-9-17-34(3)4)25(23)29(38)36(26)22-13-6-5-7-14-22/h5-8,10-11,13-16,18,20H,17H2,1-4H3,(H,31,37). The van der Waals surface area contributed by atoms with Gasteiger partial charge in [-0.3, -0.25) is 19.1 Å². The van der Waals surface area contributed by atoms with E-state index in [1.54, 1.807) is 47.5 Å². The zero-order valence-corrected chi connectivity index (χ0v) is 21.6. The Balaban J connectivity index is 1.63. The molecule has 2 aromatic carbocycles. The molecule has 0 radical (unpaired) electrons. The van der Waals surface area contributed by atoms with E-state index in [4.69, 9.17) is 4.98 Å². The highest BCUT2D eigenvalue weighted by atomic mass is 16.2. The van der Waals surface area contributed by atoms with E-state index in [-0.39, 0.29) is 11.5 Å². The van der Waals surface area contributed by atoms with Crippen molar-refractivity contribution >= 4 is 22.5 Å². The second kappa shape index (κ2) is 10.3. The Morgan fingerprint density at radius 1 is 1.11 bits per heavy atom. The second-order valence-corrected chi connectivity index (χ2v) is 9.23. The number of aryl methyl sites for hydroxylation is 1. The van der Waals surface area contributed by atoms with E-state index in [1.807, 2.05) is 61.5 Å². The van der Waals surface area contributed by atoms with Crippen LogP contribution in [0.1, 0.15) is 40.4 Å². The van der Waals surface area contributed by atoms with Gasteiger partial charge >= 0.3 is 0 Å². The molecular weight excluding hydrogens is 478 g/mol. The van der Waals surface area contributed by atoms with Crippen molar-refractivity contribution < 1.29 is 4.79 Å². The predicted molar refractivity (Wildman–Crippen MR) is 146 cm³/mol. The van der Waals surface area contributed by atoms with E-state index in [2.05, 4.69) is 27.2 Å². The lowest BCUT2D eigenvalue weighted by Gasteiger charge is -2.20. The van der Waals surface area contributed by atoms with Gasteiger partial charge in [-0.05, 0) is 58.3 Å². The molecule has 0 saturated heterocycles. The quantitative estimate of drug-likeness (QED) is 0.369. The third-order valence-corrected chi connectivity index (χ3v) is 6.09. The number of nitrogens with zero attached hydrogens (tertiary/aromatic N) is 6. The summed E-state index contributed by atoms with van der Waals surface area (Å²) in [5.74, 6) is 6.30. The molecule has 5 aromatic rings.